The molecule has 43 heavy (non-hydrogen) atoms. The van der Waals surface area contributed by atoms with Crippen LogP contribution in [-0.4, -0.2) is 89.2 Å². The van der Waals surface area contributed by atoms with E-state index in [4.69, 9.17) is 11.6 Å². The molecule has 2 N–H and O–H groups in total. The molecule has 1 saturated heterocycles. The Bertz CT molecular complexity index is 1680. The Balaban J connectivity index is 1.39. The molecule has 3 heterocycles. The predicted molar refractivity (Wildman–Crippen MR) is 156 cm³/mol. The summed E-state index contributed by atoms with van der Waals surface area (Å²) in [6, 6.07) is 10.2. The normalized spacial score (nSPS) is 18.3. The minimum absolute atomic E-state index is 0.141. The molecule has 0 bridgehead atoms. The van der Waals surface area contributed by atoms with E-state index in [0.717, 1.165) is 28.6 Å². The highest BCUT2D eigenvalue weighted by atomic mass is 35.5. The fraction of sp³-hybridized carbons (Fsp3) is 0.333. The van der Waals surface area contributed by atoms with Crippen molar-refractivity contribution in [2.45, 2.75) is 23.3 Å². The number of amides is 2. The van der Waals surface area contributed by atoms with Crippen LogP contribution < -0.4 is 10.2 Å². The molecule has 1 fully saturated rings. The summed E-state index contributed by atoms with van der Waals surface area (Å²) in [6.07, 6.45) is 1.37. The molecule has 2 amide bonds. The van der Waals surface area contributed by atoms with Gasteiger partial charge in [0, 0.05) is 55.9 Å². The van der Waals surface area contributed by atoms with E-state index in [1.54, 1.807) is 6.92 Å². The number of piperazine rings is 1. The van der Waals surface area contributed by atoms with Crippen LogP contribution in [0.5, 0.6) is 0 Å². The van der Waals surface area contributed by atoms with Gasteiger partial charge in [0.25, 0.3) is 11.6 Å². The van der Waals surface area contributed by atoms with Crippen LogP contribution in [0.2, 0.25) is 5.02 Å². The van der Waals surface area contributed by atoms with Crippen LogP contribution >= 0.6 is 11.6 Å². The van der Waals surface area contributed by atoms with Crippen LogP contribution in [0.15, 0.2) is 59.8 Å². The lowest BCUT2D eigenvalue weighted by Crippen LogP contribution is -2.58. The van der Waals surface area contributed by atoms with E-state index in [9.17, 15) is 33.2 Å². The van der Waals surface area contributed by atoms with Gasteiger partial charge in [-0.15, -0.1) is 0 Å². The third-order valence-corrected chi connectivity index (χ3v) is 9.75. The average Bonchev–Trinajstić information content (AvgIpc) is 3.30. The highest BCUT2D eigenvalue weighted by Crippen LogP contribution is 2.37. The van der Waals surface area contributed by atoms with E-state index in [1.807, 2.05) is 4.90 Å². The Morgan fingerprint density at radius 3 is 2.37 bits per heavy atom. The van der Waals surface area contributed by atoms with Crippen molar-refractivity contribution in [2.75, 3.05) is 50.0 Å². The van der Waals surface area contributed by atoms with E-state index in [-0.39, 0.29) is 35.1 Å². The topological polar surface area (TPSA) is 179 Å². The van der Waals surface area contributed by atoms with Crippen molar-refractivity contribution in [1.29, 1.82) is 0 Å². The number of rotatable bonds is 8. The van der Waals surface area contributed by atoms with Gasteiger partial charge in [-0.05, 0) is 36.8 Å². The average molecular weight is 630 g/mol. The first-order valence-corrected chi connectivity index (χ1v) is 15.0. The van der Waals surface area contributed by atoms with E-state index < -0.39 is 38.9 Å². The minimum atomic E-state index is -4.26. The maximum atomic E-state index is 14.0. The number of carbonyl (C=O) groups is 2. The van der Waals surface area contributed by atoms with Gasteiger partial charge in [0.15, 0.2) is 5.60 Å². The summed E-state index contributed by atoms with van der Waals surface area (Å²) < 4.78 is 27.6. The zero-order valence-corrected chi connectivity index (χ0v) is 24.7. The molecule has 1 aromatic heterocycles. The number of sulfonamides is 1. The first kappa shape index (κ1) is 30.3. The van der Waals surface area contributed by atoms with Gasteiger partial charge in [-0.25, -0.2) is 18.4 Å². The van der Waals surface area contributed by atoms with Gasteiger partial charge in [0.1, 0.15) is 18.0 Å². The van der Waals surface area contributed by atoms with Gasteiger partial charge in [-0.2, -0.15) is 4.31 Å². The SMILES string of the molecule is CC1C(=O)Nc2ncnc(N3CCN(C(=O)[C@](O)(CN(C)S(=O)(=O)c4ccc([N+](=O)[O-])cc4)c4ccc(Cl)cc4)CC3)c21. The smallest absolute Gasteiger partial charge is 0.269 e. The number of nitro groups is 1. The van der Waals surface area contributed by atoms with Gasteiger partial charge in [-0.3, -0.25) is 19.7 Å². The third-order valence-electron chi connectivity index (χ3n) is 7.68. The van der Waals surface area contributed by atoms with Gasteiger partial charge in [0.2, 0.25) is 15.9 Å². The molecule has 2 atom stereocenters. The lowest BCUT2D eigenvalue weighted by atomic mass is 9.91. The maximum Gasteiger partial charge on any atom is 0.269 e. The van der Waals surface area contributed by atoms with Gasteiger partial charge in [0.05, 0.1) is 22.3 Å². The second-order valence-corrected chi connectivity index (χ2v) is 12.8. The van der Waals surface area contributed by atoms with Crippen LogP contribution in [-0.2, 0) is 25.2 Å². The third kappa shape index (κ3) is 5.63. The van der Waals surface area contributed by atoms with Crippen LogP contribution in [0, 0.1) is 10.1 Å². The molecular weight excluding hydrogens is 602 g/mol. The summed E-state index contributed by atoms with van der Waals surface area (Å²) >= 11 is 6.04. The van der Waals surface area contributed by atoms with Crippen LogP contribution in [0.3, 0.4) is 0 Å². The molecule has 0 radical (unpaired) electrons. The number of hydrogen-bond acceptors (Lipinski definition) is 10. The van der Waals surface area contributed by atoms with Crippen molar-refractivity contribution in [3.05, 3.63) is 81.1 Å². The molecule has 2 aromatic carbocycles. The Morgan fingerprint density at radius 2 is 1.77 bits per heavy atom. The fourth-order valence-corrected chi connectivity index (χ4v) is 6.53. The summed E-state index contributed by atoms with van der Waals surface area (Å²) in [5, 5.41) is 26.1. The molecule has 2 aliphatic heterocycles. The molecule has 0 aliphatic carbocycles. The standard InChI is InChI=1S/C27H28ClN7O7S/c1-17-22-23(31-25(17)36)29-16-30-24(22)33-11-13-34(14-12-33)26(37)27(38,18-3-5-19(28)6-4-18)15-32(2)43(41,42)21-9-7-20(8-10-21)35(39)40/h3-10,16-17,38H,11-15H2,1-2H3,(H,29,30,31,36)/t17?,27-/m0/s1. The van der Waals surface area contributed by atoms with Crippen molar-refractivity contribution >= 4 is 50.8 Å². The van der Waals surface area contributed by atoms with E-state index >= 15 is 0 Å². The zero-order valence-electron chi connectivity index (χ0n) is 23.2. The van der Waals surface area contributed by atoms with Crippen molar-refractivity contribution in [1.82, 2.24) is 19.2 Å². The second-order valence-electron chi connectivity index (χ2n) is 10.3. The number of aromatic nitrogens is 2. The number of nitrogens with zero attached hydrogens (tertiary/aromatic N) is 6. The number of fused-ring (bicyclic) bond motifs is 1. The number of aliphatic hydroxyl groups is 1. The quantitative estimate of drug-likeness (QED) is 0.276. The first-order valence-electron chi connectivity index (χ1n) is 13.2. The summed E-state index contributed by atoms with van der Waals surface area (Å²) in [5.74, 6) is -0.279. The van der Waals surface area contributed by atoms with E-state index in [1.165, 1.54) is 42.5 Å². The van der Waals surface area contributed by atoms with E-state index in [2.05, 4.69) is 15.3 Å². The highest BCUT2D eigenvalue weighted by Gasteiger charge is 2.45. The number of hydrogen-bond donors (Lipinski definition) is 2. The highest BCUT2D eigenvalue weighted by molar-refractivity contribution is 7.89. The monoisotopic (exact) mass is 629 g/mol. The number of benzene rings is 2. The van der Waals surface area contributed by atoms with Gasteiger partial charge >= 0.3 is 0 Å². The van der Waals surface area contributed by atoms with Crippen molar-refractivity contribution in [3.63, 3.8) is 0 Å². The molecule has 0 spiro atoms. The lowest BCUT2D eigenvalue weighted by Gasteiger charge is -2.40. The summed E-state index contributed by atoms with van der Waals surface area (Å²) in [7, 11) is -3.04. The van der Waals surface area contributed by atoms with Crippen molar-refractivity contribution < 1.29 is 28.0 Å². The minimum Gasteiger partial charge on any atom is -0.374 e. The Hall–Kier alpha value is -4.18. The number of halogens is 1. The molecule has 1 unspecified atom stereocenters. The van der Waals surface area contributed by atoms with Gasteiger partial charge < -0.3 is 20.2 Å². The largest absolute Gasteiger partial charge is 0.374 e. The molecule has 14 nitrogen and oxygen atoms in total. The number of nitro benzene ring substituents is 1. The first-order chi connectivity index (χ1) is 20.3. The Morgan fingerprint density at radius 1 is 1.14 bits per heavy atom. The predicted octanol–water partition coefficient (Wildman–Crippen LogP) is 1.95. The van der Waals surface area contributed by atoms with Crippen LogP contribution in [0.1, 0.15) is 24.0 Å². The van der Waals surface area contributed by atoms with Gasteiger partial charge in [-0.1, -0.05) is 23.7 Å². The molecule has 226 valence electrons. The zero-order chi connectivity index (χ0) is 31.1. The maximum absolute atomic E-state index is 14.0. The van der Waals surface area contributed by atoms with Crippen molar-refractivity contribution in [2.24, 2.45) is 0 Å². The number of nitrogens with one attached hydrogen (secondary N) is 1. The number of carbonyl (C=O) groups excluding carboxylic acids is 2. The summed E-state index contributed by atoms with van der Waals surface area (Å²) in [5.41, 5.74) is -1.75. The molecule has 3 aromatic rings. The van der Waals surface area contributed by atoms with Crippen molar-refractivity contribution in [3.8, 4) is 0 Å². The molecular formula is C27H28ClN7O7S. The summed E-state index contributed by atoms with van der Waals surface area (Å²) in [6.45, 7) is 2.16. The second kappa shape index (κ2) is 11.5. The molecule has 0 saturated carbocycles. The lowest BCUT2D eigenvalue weighted by molar-refractivity contribution is -0.384. The molecule has 2 aliphatic rings. The number of non-ortho nitro benzene ring substituents is 1. The van der Waals surface area contributed by atoms with E-state index in [0.29, 0.717) is 35.3 Å². The Kier molecular flexibility index (Phi) is 8.09. The fourth-order valence-electron chi connectivity index (χ4n) is 5.21. The molecule has 5 rings (SSSR count). The molecule has 16 heteroatoms. The van der Waals surface area contributed by atoms with Crippen LogP contribution in [0.25, 0.3) is 0 Å². The number of anilines is 2. The van der Waals surface area contributed by atoms with Crippen LogP contribution in [0.4, 0.5) is 17.3 Å². The Labute approximate surface area is 252 Å². The summed E-state index contributed by atoms with van der Waals surface area (Å²) in [4.78, 5) is 48.3. The number of likely N-dealkylation sites (N-methyl/N-ethyl adjacent to an activating group) is 1.